The van der Waals surface area contributed by atoms with Crippen molar-refractivity contribution in [3.05, 3.63) is 35.4 Å². The summed E-state index contributed by atoms with van der Waals surface area (Å²) < 4.78 is 0. The fourth-order valence-electron chi connectivity index (χ4n) is 3.65. The highest BCUT2D eigenvalue weighted by atomic mass is 16.5. The smallest absolute Gasteiger partial charge is 0.265 e. The molecule has 1 spiro atoms. The van der Waals surface area contributed by atoms with Crippen molar-refractivity contribution in [2.24, 2.45) is 5.41 Å². The first-order valence-electron chi connectivity index (χ1n) is 7.39. The molecule has 5 heteroatoms. The van der Waals surface area contributed by atoms with Crippen LogP contribution in [0, 0.1) is 5.41 Å². The third kappa shape index (κ3) is 2.21. The fourth-order valence-corrected chi connectivity index (χ4v) is 3.65. The van der Waals surface area contributed by atoms with Crippen LogP contribution in [0.5, 0.6) is 0 Å². The molecule has 2 atom stereocenters. The molecular formula is C16H20N2O3. The minimum atomic E-state index is -0.626. The normalized spacial score (nSPS) is 25.8. The highest BCUT2D eigenvalue weighted by Gasteiger charge is 2.49. The van der Waals surface area contributed by atoms with E-state index >= 15 is 0 Å². The van der Waals surface area contributed by atoms with Crippen LogP contribution in [0.1, 0.15) is 30.9 Å². The summed E-state index contributed by atoms with van der Waals surface area (Å²) in [6.07, 6.45) is 3.29. The van der Waals surface area contributed by atoms with Gasteiger partial charge in [-0.3, -0.25) is 14.8 Å². The number of amides is 2. The molecule has 1 aromatic carbocycles. The molecule has 0 radical (unpaired) electrons. The maximum absolute atomic E-state index is 12.8. The third-order valence-electron chi connectivity index (χ3n) is 5.02. The predicted octanol–water partition coefficient (Wildman–Crippen LogP) is 1.29. The molecule has 2 aliphatic rings. The summed E-state index contributed by atoms with van der Waals surface area (Å²) in [7, 11) is 0. The van der Waals surface area contributed by atoms with Crippen molar-refractivity contribution in [2.45, 2.75) is 38.6 Å². The average Bonchev–Trinajstić information content (AvgIpc) is 2.82. The van der Waals surface area contributed by atoms with Crippen LogP contribution in [-0.2, 0) is 22.4 Å². The van der Waals surface area contributed by atoms with Crippen molar-refractivity contribution < 1.29 is 14.8 Å². The van der Waals surface area contributed by atoms with Crippen molar-refractivity contribution in [2.75, 3.05) is 6.54 Å². The fraction of sp³-hybridized carbons (Fsp3) is 0.500. The molecule has 2 amide bonds. The second kappa shape index (κ2) is 5.15. The summed E-state index contributed by atoms with van der Waals surface area (Å²) in [6, 6.07) is 7.64. The van der Waals surface area contributed by atoms with Gasteiger partial charge in [0.2, 0.25) is 5.91 Å². The lowest BCUT2D eigenvalue weighted by atomic mass is 9.70. The number of rotatable bonds is 2. The van der Waals surface area contributed by atoms with Crippen LogP contribution in [0.15, 0.2) is 24.3 Å². The van der Waals surface area contributed by atoms with Gasteiger partial charge in [-0.25, -0.2) is 5.48 Å². The third-order valence-corrected chi connectivity index (χ3v) is 5.02. The number of hydrogen-bond acceptors (Lipinski definition) is 3. The number of aryl methyl sites for hydroxylation is 1. The van der Waals surface area contributed by atoms with Gasteiger partial charge in [-0.2, -0.15) is 0 Å². The Morgan fingerprint density at radius 2 is 2.05 bits per heavy atom. The Kier molecular flexibility index (Phi) is 3.45. The number of nitrogens with one attached hydrogen (secondary N) is 1. The van der Waals surface area contributed by atoms with Crippen molar-refractivity contribution in [1.82, 2.24) is 10.4 Å². The van der Waals surface area contributed by atoms with E-state index in [1.165, 1.54) is 11.1 Å². The first-order valence-corrected chi connectivity index (χ1v) is 7.39. The first-order chi connectivity index (χ1) is 10.1. The predicted molar refractivity (Wildman–Crippen MR) is 76.6 cm³/mol. The average molecular weight is 288 g/mol. The molecule has 21 heavy (non-hydrogen) atoms. The van der Waals surface area contributed by atoms with E-state index in [1.807, 2.05) is 12.1 Å². The molecule has 0 aromatic heterocycles. The zero-order chi connectivity index (χ0) is 15.0. The Balaban J connectivity index is 1.83. The Hall–Kier alpha value is -1.88. The van der Waals surface area contributed by atoms with Crippen LogP contribution in [0.25, 0.3) is 0 Å². The molecule has 0 bridgehead atoms. The van der Waals surface area contributed by atoms with E-state index in [1.54, 1.807) is 17.3 Å². The van der Waals surface area contributed by atoms with E-state index in [9.17, 15) is 9.59 Å². The molecule has 1 aliphatic carbocycles. The second-order valence-corrected chi connectivity index (χ2v) is 6.13. The molecule has 3 rings (SSSR count). The Labute approximate surface area is 123 Å². The molecule has 1 fully saturated rings. The quantitative estimate of drug-likeness (QED) is 0.636. The van der Waals surface area contributed by atoms with E-state index in [0.717, 1.165) is 25.7 Å². The van der Waals surface area contributed by atoms with E-state index in [4.69, 9.17) is 5.21 Å². The van der Waals surface area contributed by atoms with Crippen molar-refractivity contribution >= 4 is 11.8 Å². The summed E-state index contributed by atoms with van der Waals surface area (Å²) in [5, 5.41) is 8.75. The van der Waals surface area contributed by atoms with Gasteiger partial charge < -0.3 is 4.90 Å². The SMILES string of the molecule is C[C@H](C(=O)NO)N1CCC2(CCc3ccccc3C2)C1=O. The van der Waals surface area contributed by atoms with Crippen LogP contribution in [0.4, 0.5) is 0 Å². The lowest BCUT2D eigenvalue weighted by Gasteiger charge is -2.34. The molecule has 1 aromatic rings. The van der Waals surface area contributed by atoms with E-state index in [2.05, 4.69) is 12.1 Å². The van der Waals surface area contributed by atoms with Gasteiger partial charge in [0.15, 0.2) is 0 Å². The van der Waals surface area contributed by atoms with Gasteiger partial charge in [-0.05, 0) is 43.7 Å². The van der Waals surface area contributed by atoms with Gasteiger partial charge in [0, 0.05) is 6.54 Å². The van der Waals surface area contributed by atoms with Gasteiger partial charge in [-0.15, -0.1) is 0 Å². The molecule has 1 heterocycles. The highest BCUT2D eigenvalue weighted by molar-refractivity contribution is 5.91. The van der Waals surface area contributed by atoms with Crippen LogP contribution >= 0.6 is 0 Å². The number of nitrogens with zero attached hydrogens (tertiary/aromatic N) is 1. The number of hydrogen-bond donors (Lipinski definition) is 2. The van der Waals surface area contributed by atoms with Gasteiger partial charge in [0.1, 0.15) is 6.04 Å². The maximum atomic E-state index is 12.8. The van der Waals surface area contributed by atoms with Gasteiger partial charge in [0.05, 0.1) is 5.41 Å². The van der Waals surface area contributed by atoms with Crippen LogP contribution in [0.2, 0.25) is 0 Å². The standard InChI is InChI=1S/C16H20N2O3/c1-11(14(19)17-21)18-9-8-16(15(18)20)7-6-12-4-2-3-5-13(12)10-16/h2-5,11,21H,6-10H2,1H3,(H,17,19)/t11-,16?/m1/s1. The monoisotopic (exact) mass is 288 g/mol. The van der Waals surface area contributed by atoms with Crippen LogP contribution < -0.4 is 5.48 Å². The number of hydroxylamine groups is 1. The van der Waals surface area contributed by atoms with E-state index in [0.29, 0.717) is 6.54 Å². The number of carbonyl (C=O) groups is 2. The van der Waals surface area contributed by atoms with Gasteiger partial charge in [0.25, 0.3) is 5.91 Å². The molecule has 0 saturated carbocycles. The lowest BCUT2D eigenvalue weighted by Crippen LogP contribution is -2.48. The summed E-state index contributed by atoms with van der Waals surface area (Å²) >= 11 is 0. The molecule has 1 saturated heterocycles. The van der Waals surface area contributed by atoms with Crippen molar-refractivity contribution in [3.8, 4) is 0 Å². The second-order valence-electron chi connectivity index (χ2n) is 6.13. The van der Waals surface area contributed by atoms with E-state index in [-0.39, 0.29) is 11.3 Å². The number of likely N-dealkylation sites (tertiary alicyclic amines) is 1. The Morgan fingerprint density at radius 3 is 2.76 bits per heavy atom. The molecule has 112 valence electrons. The Morgan fingerprint density at radius 1 is 1.33 bits per heavy atom. The van der Waals surface area contributed by atoms with Crippen molar-refractivity contribution in [1.29, 1.82) is 0 Å². The van der Waals surface area contributed by atoms with Gasteiger partial charge in [-0.1, -0.05) is 24.3 Å². The van der Waals surface area contributed by atoms with Gasteiger partial charge >= 0.3 is 0 Å². The van der Waals surface area contributed by atoms with E-state index < -0.39 is 11.9 Å². The molecular weight excluding hydrogens is 268 g/mol. The maximum Gasteiger partial charge on any atom is 0.265 e. The molecule has 5 nitrogen and oxygen atoms in total. The highest BCUT2D eigenvalue weighted by Crippen LogP contribution is 2.44. The number of benzene rings is 1. The topological polar surface area (TPSA) is 69.6 Å². The number of fused-ring (bicyclic) bond motifs is 1. The minimum Gasteiger partial charge on any atom is -0.330 e. The van der Waals surface area contributed by atoms with Crippen molar-refractivity contribution in [3.63, 3.8) is 0 Å². The summed E-state index contributed by atoms with van der Waals surface area (Å²) in [5.41, 5.74) is 3.85. The molecule has 2 N–H and O–H groups in total. The first kappa shape index (κ1) is 14.1. The minimum absolute atomic E-state index is 0.0492. The number of carbonyl (C=O) groups excluding carboxylic acids is 2. The summed E-state index contributed by atoms with van der Waals surface area (Å²) in [4.78, 5) is 26.0. The Bertz CT molecular complexity index is 587. The molecule has 1 unspecified atom stereocenters. The summed E-state index contributed by atoms with van der Waals surface area (Å²) in [5.74, 6) is -0.482. The summed E-state index contributed by atoms with van der Waals surface area (Å²) in [6.45, 7) is 2.23. The largest absolute Gasteiger partial charge is 0.330 e. The van der Waals surface area contributed by atoms with Crippen LogP contribution in [0.3, 0.4) is 0 Å². The molecule has 1 aliphatic heterocycles. The van der Waals surface area contributed by atoms with Crippen LogP contribution in [-0.4, -0.2) is 34.5 Å². The zero-order valence-corrected chi connectivity index (χ0v) is 12.1. The lowest BCUT2D eigenvalue weighted by molar-refractivity contribution is -0.145. The zero-order valence-electron chi connectivity index (χ0n) is 12.1.